The molecule has 1 atom stereocenters. The smallest absolute Gasteiger partial charge is 0.355 e. The van der Waals surface area contributed by atoms with Gasteiger partial charge >= 0.3 is 6.18 Å². The lowest BCUT2D eigenvalue weighted by atomic mass is 9.93. The highest BCUT2D eigenvalue weighted by atomic mass is 19.4. The van der Waals surface area contributed by atoms with E-state index in [0.717, 1.165) is 16.5 Å². The van der Waals surface area contributed by atoms with Crippen molar-refractivity contribution in [1.29, 1.82) is 0 Å². The van der Waals surface area contributed by atoms with Crippen molar-refractivity contribution in [2.24, 2.45) is 11.8 Å². The number of halogens is 3. The number of anilines is 1. The van der Waals surface area contributed by atoms with Gasteiger partial charge in [-0.05, 0) is 42.9 Å². The molecule has 0 spiro atoms. The fourth-order valence-corrected chi connectivity index (χ4v) is 4.22. The molecule has 0 radical (unpaired) electrons. The van der Waals surface area contributed by atoms with Gasteiger partial charge in [0.25, 0.3) is 5.82 Å². The molecule has 33 heavy (non-hydrogen) atoms. The van der Waals surface area contributed by atoms with Crippen molar-refractivity contribution in [1.82, 2.24) is 25.1 Å². The lowest BCUT2D eigenvalue weighted by Crippen LogP contribution is -2.42. The predicted octanol–water partition coefficient (Wildman–Crippen LogP) is 4.26. The standard InChI is InChI=1S/C23H27F3N6O/c1-15(2)14-18(16-6-4-3-5-7-16)27-21(33)17-10-12-31(13-11-17)20-9-8-19-28-29-22(23(24,25)26)32(19)30-20/h3-9,15,17-18H,10-14H2,1-2H3,(H,27,33)/t18-/m1/s1. The van der Waals surface area contributed by atoms with Crippen LogP contribution in [0.15, 0.2) is 42.5 Å². The zero-order chi connectivity index (χ0) is 23.6. The summed E-state index contributed by atoms with van der Waals surface area (Å²) in [5.74, 6) is -0.438. The second-order valence-corrected chi connectivity index (χ2v) is 8.85. The Hall–Kier alpha value is -3.17. The third-order valence-electron chi connectivity index (χ3n) is 5.92. The number of nitrogens with one attached hydrogen (secondary N) is 1. The number of aromatic nitrogens is 4. The summed E-state index contributed by atoms with van der Waals surface area (Å²) < 4.78 is 40.2. The topological polar surface area (TPSA) is 75.4 Å². The van der Waals surface area contributed by atoms with E-state index in [9.17, 15) is 18.0 Å². The van der Waals surface area contributed by atoms with Crippen molar-refractivity contribution in [3.63, 3.8) is 0 Å². The molecular formula is C23H27F3N6O. The maximum Gasteiger partial charge on any atom is 0.453 e. The van der Waals surface area contributed by atoms with E-state index in [0.29, 0.717) is 37.7 Å². The zero-order valence-electron chi connectivity index (χ0n) is 18.6. The van der Waals surface area contributed by atoms with Gasteiger partial charge in [-0.2, -0.15) is 17.7 Å². The van der Waals surface area contributed by atoms with E-state index in [-0.39, 0.29) is 23.5 Å². The average molecular weight is 461 g/mol. The molecule has 1 saturated heterocycles. The number of amides is 1. The van der Waals surface area contributed by atoms with Gasteiger partial charge < -0.3 is 10.2 Å². The molecule has 1 aliphatic rings. The maximum atomic E-state index is 13.1. The summed E-state index contributed by atoms with van der Waals surface area (Å²) in [5, 5.41) is 14.1. The van der Waals surface area contributed by atoms with Crippen LogP contribution < -0.4 is 10.2 Å². The summed E-state index contributed by atoms with van der Waals surface area (Å²) in [5.41, 5.74) is 1.13. The van der Waals surface area contributed by atoms with E-state index >= 15 is 0 Å². The lowest BCUT2D eigenvalue weighted by molar-refractivity contribution is -0.146. The molecule has 0 unspecified atom stereocenters. The number of hydrogen-bond donors (Lipinski definition) is 1. The molecule has 7 nitrogen and oxygen atoms in total. The first-order valence-electron chi connectivity index (χ1n) is 11.1. The van der Waals surface area contributed by atoms with Crippen LogP contribution in [0.3, 0.4) is 0 Å². The molecule has 0 saturated carbocycles. The fourth-order valence-electron chi connectivity index (χ4n) is 4.22. The Morgan fingerprint density at radius 3 is 2.42 bits per heavy atom. The monoisotopic (exact) mass is 460 g/mol. The third-order valence-corrected chi connectivity index (χ3v) is 5.92. The van der Waals surface area contributed by atoms with Crippen LogP contribution in [0, 0.1) is 11.8 Å². The second kappa shape index (κ2) is 9.36. The first-order chi connectivity index (χ1) is 15.7. The zero-order valence-corrected chi connectivity index (χ0v) is 18.6. The van der Waals surface area contributed by atoms with Gasteiger partial charge in [-0.15, -0.1) is 15.3 Å². The highest BCUT2D eigenvalue weighted by Gasteiger charge is 2.38. The van der Waals surface area contributed by atoms with Gasteiger partial charge in [0.15, 0.2) is 5.65 Å². The molecule has 1 aromatic carbocycles. The molecule has 0 aliphatic carbocycles. The van der Waals surface area contributed by atoms with E-state index in [1.807, 2.05) is 35.2 Å². The Morgan fingerprint density at radius 1 is 1.09 bits per heavy atom. The minimum Gasteiger partial charge on any atom is -0.355 e. The molecule has 10 heteroatoms. The summed E-state index contributed by atoms with van der Waals surface area (Å²) in [6.45, 7) is 5.31. The molecule has 1 aliphatic heterocycles. The quantitative estimate of drug-likeness (QED) is 0.595. The molecule has 3 heterocycles. The number of piperidine rings is 1. The highest BCUT2D eigenvalue weighted by molar-refractivity contribution is 5.79. The van der Waals surface area contributed by atoms with Crippen molar-refractivity contribution in [2.45, 2.75) is 45.3 Å². The normalized spacial score (nSPS) is 16.4. The van der Waals surface area contributed by atoms with Crippen molar-refractivity contribution >= 4 is 17.4 Å². The van der Waals surface area contributed by atoms with Crippen LogP contribution in [0.1, 0.15) is 50.5 Å². The number of carbonyl (C=O) groups is 1. The van der Waals surface area contributed by atoms with Crippen molar-refractivity contribution in [3.05, 3.63) is 53.9 Å². The van der Waals surface area contributed by atoms with Crippen LogP contribution in [0.4, 0.5) is 19.0 Å². The van der Waals surface area contributed by atoms with E-state index < -0.39 is 12.0 Å². The Balaban J connectivity index is 1.41. The molecule has 176 valence electrons. The predicted molar refractivity (Wildman–Crippen MR) is 118 cm³/mol. The molecule has 4 rings (SSSR count). The summed E-state index contributed by atoms with van der Waals surface area (Å²) >= 11 is 0. The molecular weight excluding hydrogens is 433 g/mol. The van der Waals surface area contributed by atoms with Crippen LogP contribution in [0.2, 0.25) is 0 Å². The van der Waals surface area contributed by atoms with Gasteiger partial charge in [0.1, 0.15) is 5.82 Å². The number of fused-ring (bicyclic) bond motifs is 1. The largest absolute Gasteiger partial charge is 0.453 e. The molecule has 1 amide bonds. The van der Waals surface area contributed by atoms with E-state index in [1.54, 1.807) is 6.07 Å². The Morgan fingerprint density at radius 2 is 1.79 bits per heavy atom. The highest BCUT2D eigenvalue weighted by Crippen LogP contribution is 2.29. The van der Waals surface area contributed by atoms with Crippen LogP contribution in [-0.4, -0.2) is 38.8 Å². The molecule has 1 N–H and O–H groups in total. The Kier molecular flexibility index (Phi) is 6.53. The van der Waals surface area contributed by atoms with Crippen LogP contribution in [0.25, 0.3) is 5.65 Å². The van der Waals surface area contributed by atoms with E-state index in [2.05, 4.69) is 34.5 Å². The fraction of sp³-hybridized carbons (Fsp3) is 0.478. The van der Waals surface area contributed by atoms with Crippen LogP contribution in [-0.2, 0) is 11.0 Å². The van der Waals surface area contributed by atoms with Gasteiger partial charge in [0.05, 0.1) is 6.04 Å². The lowest BCUT2D eigenvalue weighted by Gasteiger charge is -2.33. The van der Waals surface area contributed by atoms with Gasteiger partial charge in [0, 0.05) is 19.0 Å². The summed E-state index contributed by atoms with van der Waals surface area (Å²) in [6.07, 6.45) is -2.59. The van der Waals surface area contributed by atoms with E-state index in [1.165, 1.54) is 6.07 Å². The first-order valence-corrected chi connectivity index (χ1v) is 11.1. The Bertz CT molecular complexity index is 1090. The number of rotatable bonds is 6. The van der Waals surface area contributed by atoms with Gasteiger partial charge in [-0.3, -0.25) is 4.79 Å². The van der Waals surface area contributed by atoms with E-state index in [4.69, 9.17) is 0 Å². The number of hydrogen-bond acceptors (Lipinski definition) is 5. The number of benzene rings is 1. The summed E-state index contributed by atoms with van der Waals surface area (Å²) in [4.78, 5) is 14.9. The van der Waals surface area contributed by atoms with Crippen LogP contribution in [0.5, 0.6) is 0 Å². The summed E-state index contributed by atoms with van der Waals surface area (Å²) in [6, 6.07) is 13.0. The molecule has 3 aromatic rings. The minimum absolute atomic E-state index is 0.0192. The van der Waals surface area contributed by atoms with Gasteiger partial charge in [0.2, 0.25) is 5.91 Å². The number of alkyl halides is 3. The third kappa shape index (κ3) is 5.26. The van der Waals surface area contributed by atoms with Crippen LogP contribution >= 0.6 is 0 Å². The maximum absolute atomic E-state index is 13.1. The molecule has 1 fully saturated rings. The molecule has 0 bridgehead atoms. The number of nitrogens with zero attached hydrogens (tertiary/aromatic N) is 5. The minimum atomic E-state index is -4.64. The van der Waals surface area contributed by atoms with Crippen molar-refractivity contribution in [3.8, 4) is 0 Å². The SMILES string of the molecule is CC(C)C[C@@H](NC(=O)C1CCN(c2ccc3nnc(C(F)(F)F)n3n2)CC1)c1ccccc1. The van der Waals surface area contributed by atoms with Gasteiger partial charge in [-0.1, -0.05) is 44.2 Å². The second-order valence-electron chi connectivity index (χ2n) is 8.85. The average Bonchev–Trinajstić information content (AvgIpc) is 3.23. The van der Waals surface area contributed by atoms with Crippen molar-refractivity contribution < 1.29 is 18.0 Å². The first kappa shape index (κ1) is 23.0. The number of carbonyl (C=O) groups excluding carboxylic acids is 1. The summed E-state index contributed by atoms with van der Waals surface area (Å²) in [7, 11) is 0. The molecule has 2 aromatic heterocycles. The Labute approximate surface area is 190 Å². The van der Waals surface area contributed by atoms with Gasteiger partial charge in [-0.25, -0.2) is 0 Å². The van der Waals surface area contributed by atoms with Crippen molar-refractivity contribution in [2.75, 3.05) is 18.0 Å².